The third-order valence-corrected chi connectivity index (χ3v) is 4.81. The number of nitrogens with one attached hydrogen (secondary N) is 1. The Hall–Kier alpha value is -2.39. The summed E-state index contributed by atoms with van der Waals surface area (Å²) in [5, 5.41) is 23.0. The number of amides is 2. The molecule has 2 amide bonds. The second-order valence-corrected chi connectivity index (χ2v) is 7.43. The van der Waals surface area contributed by atoms with Crippen LogP contribution in [-0.2, 0) is 14.4 Å². The minimum Gasteiger partial charge on any atom is -0.415 e. The van der Waals surface area contributed by atoms with Crippen molar-refractivity contribution in [3.8, 4) is 0 Å². The molecule has 0 spiro atoms. The van der Waals surface area contributed by atoms with Crippen molar-refractivity contribution >= 4 is 23.4 Å². The Labute approximate surface area is 174 Å². The Bertz CT molecular complexity index is 781. The quantitative estimate of drug-likeness (QED) is 0.283. The monoisotopic (exact) mass is 423 g/mol. The van der Waals surface area contributed by atoms with E-state index in [-0.39, 0.29) is 31.8 Å². The van der Waals surface area contributed by atoms with Gasteiger partial charge in [0.05, 0.1) is 25.2 Å². The van der Waals surface area contributed by atoms with Crippen molar-refractivity contribution in [2.75, 3.05) is 13.2 Å². The summed E-state index contributed by atoms with van der Waals surface area (Å²) < 4.78 is 0. The molecule has 2 rings (SSSR count). The lowest BCUT2D eigenvalue weighted by atomic mass is 10.1. The second-order valence-electron chi connectivity index (χ2n) is 7.00. The van der Waals surface area contributed by atoms with E-state index >= 15 is 0 Å². The van der Waals surface area contributed by atoms with Gasteiger partial charge in [0.2, 0.25) is 11.8 Å². The molecule has 5 N–H and O–H groups in total. The van der Waals surface area contributed by atoms with Crippen LogP contribution in [0.1, 0.15) is 31.4 Å². The first-order valence-electron chi connectivity index (χ1n) is 9.12. The predicted octanol–water partition coefficient (Wildman–Crippen LogP) is 1.19. The van der Waals surface area contributed by atoms with Crippen LogP contribution in [0.2, 0.25) is 5.02 Å². The molecule has 1 aliphatic heterocycles. The number of hydrogen-bond donors (Lipinski definition) is 4. The van der Waals surface area contributed by atoms with E-state index in [9.17, 15) is 19.8 Å². The van der Waals surface area contributed by atoms with E-state index in [1.54, 1.807) is 31.2 Å². The van der Waals surface area contributed by atoms with Crippen LogP contribution >= 0.6 is 11.6 Å². The SMILES string of the molecule is C=C(C)/C=C(/CC(=O)N1C[C@@H](O)CC1C(=O)N[C@@H](CO)c1ccc(Cl)cc1)ON. The number of halogens is 1. The fourth-order valence-electron chi connectivity index (χ4n) is 3.19. The number of allylic oxidation sites excluding steroid dienone is 2. The predicted molar refractivity (Wildman–Crippen MR) is 108 cm³/mol. The van der Waals surface area contributed by atoms with Crippen LogP contribution in [-0.4, -0.2) is 52.2 Å². The van der Waals surface area contributed by atoms with Crippen LogP contribution in [0.25, 0.3) is 0 Å². The van der Waals surface area contributed by atoms with E-state index in [2.05, 4.69) is 11.9 Å². The first-order chi connectivity index (χ1) is 13.7. The summed E-state index contributed by atoms with van der Waals surface area (Å²) >= 11 is 5.87. The van der Waals surface area contributed by atoms with Gasteiger partial charge in [-0.2, -0.15) is 5.90 Å². The van der Waals surface area contributed by atoms with Crippen molar-refractivity contribution in [2.24, 2.45) is 5.90 Å². The summed E-state index contributed by atoms with van der Waals surface area (Å²) in [5.74, 6) is 4.53. The van der Waals surface area contributed by atoms with E-state index < -0.39 is 30.0 Å². The molecular weight excluding hydrogens is 398 g/mol. The summed E-state index contributed by atoms with van der Waals surface area (Å²) in [7, 11) is 0. The lowest BCUT2D eigenvalue weighted by molar-refractivity contribution is -0.139. The Balaban J connectivity index is 2.11. The highest BCUT2D eigenvalue weighted by atomic mass is 35.5. The van der Waals surface area contributed by atoms with E-state index in [4.69, 9.17) is 22.3 Å². The van der Waals surface area contributed by atoms with Gasteiger partial charge in [0.25, 0.3) is 0 Å². The Morgan fingerprint density at radius 1 is 1.45 bits per heavy atom. The summed E-state index contributed by atoms with van der Waals surface area (Å²) in [4.78, 5) is 31.5. The minimum atomic E-state index is -0.872. The first kappa shape index (κ1) is 22.9. The van der Waals surface area contributed by atoms with Crippen molar-refractivity contribution in [1.29, 1.82) is 0 Å². The molecule has 0 radical (unpaired) electrons. The van der Waals surface area contributed by atoms with Crippen LogP contribution in [0.5, 0.6) is 0 Å². The fraction of sp³-hybridized carbons (Fsp3) is 0.400. The Morgan fingerprint density at radius 3 is 2.66 bits per heavy atom. The minimum absolute atomic E-state index is 0.0204. The fourth-order valence-corrected chi connectivity index (χ4v) is 3.31. The Kier molecular flexibility index (Phi) is 8.21. The second kappa shape index (κ2) is 10.4. The van der Waals surface area contributed by atoms with Gasteiger partial charge in [-0.25, -0.2) is 0 Å². The van der Waals surface area contributed by atoms with Gasteiger partial charge in [-0.15, -0.1) is 0 Å². The largest absolute Gasteiger partial charge is 0.415 e. The van der Waals surface area contributed by atoms with Gasteiger partial charge in [-0.3, -0.25) is 9.59 Å². The van der Waals surface area contributed by atoms with E-state index in [0.717, 1.165) is 0 Å². The van der Waals surface area contributed by atoms with Gasteiger partial charge in [0.1, 0.15) is 11.8 Å². The average Bonchev–Trinajstić information content (AvgIpc) is 3.07. The molecule has 1 fully saturated rings. The van der Waals surface area contributed by atoms with Crippen molar-refractivity contribution < 1.29 is 24.6 Å². The molecule has 1 heterocycles. The van der Waals surface area contributed by atoms with Crippen molar-refractivity contribution in [3.63, 3.8) is 0 Å². The molecule has 29 heavy (non-hydrogen) atoms. The molecule has 0 bridgehead atoms. The maximum absolute atomic E-state index is 12.8. The van der Waals surface area contributed by atoms with Crippen LogP contribution < -0.4 is 11.2 Å². The van der Waals surface area contributed by atoms with Crippen molar-refractivity contribution in [1.82, 2.24) is 10.2 Å². The number of nitrogens with zero attached hydrogens (tertiary/aromatic N) is 1. The molecule has 0 aliphatic carbocycles. The highest BCUT2D eigenvalue weighted by molar-refractivity contribution is 6.30. The number of carbonyl (C=O) groups excluding carboxylic acids is 2. The van der Waals surface area contributed by atoms with Gasteiger partial charge in [-0.1, -0.05) is 35.9 Å². The number of β-amino-alcohol motifs (C(OH)–C–C–N with tert-alkyl or cyclic N) is 1. The molecule has 1 saturated heterocycles. The van der Waals surface area contributed by atoms with Gasteiger partial charge in [-0.05, 0) is 30.7 Å². The molecular formula is C20H26ClN3O5. The highest BCUT2D eigenvalue weighted by Gasteiger charge is 2.39. The van der Waals surface area contributed by atoms with E-state index in [0.29, 0.717) is 16.2 Å². The molecule has 8 nitrogen and oxygen atoms in total. The maximum Gasteiger partial charge on any atom is 0.243 e. The number of hydrogen-bond acceptors (Lipinski definition) is 6. The molecule has 3 atom stereocenters. The summed E-state index contributed by atoms with van der Waals surface area (Å²) in [6.45, 7) is 5.12. The lowest BCUT2D eigenvalue weighted by Crippen LogP contribution is -2.47. The Morgan fingerprint density at radius 2 is 2.10 bits per heavy atom. The summed E-state index contributed by atoms with van der Waals surface area (Å²) in [5.41, 5.74) is 1.33. The molecule has 158 valence electrons. The molecule has 1 aliphatic rings. The zero-order chi connectivity index (χ0) is 21.6. The smallest absolute Gasteiger partial charge is 0.243 e. The molecule has 0 saturated carbocycles. The van der Waals surface area contributed by atoms with Crippen molar-refractivity contribution in [3.05, 3.63) is 58.8 Å². The number of aliphatic hydroxyl groups is 2. The number of carbonyl (C=O) groups is 2. The van der Waals surface area contributed by atoms with Crippen molar-refractivity contribution in [2.45, 2.75) is 38.0 Å². The van der Waals surface area contributed by atoms with Gasteiger partial charge >= 0.3 is 0 Å². The normalized spacial score (nSPS) is 20.3. The van der Waals surface area contributed by atoms with E-state index in [1.807, 2.05) is 0 Å². The molecule has 0 aromatic heterocycles. The van der Waals surface area contributed by atoms with Gasteiger partial charge in [0, 0.05) is 18.0 Å². The molecule has 1 aromatic carbocycles. The number of nitrogens with two attached hydrogens (primary N) is 1. The lowest BCUT2D eigenvalue weighted by Gasteiger charge is -2.26. The highest BCUT2D eigenvalue weighted by Crippen LogP contribution is 2.23. The maximum atomic E-state index is 12.8. The zero-order valence-corrected chi connectivity index (χ0v) is 16.9. The molecule has 1 aromatic rings. The number of benzene rings is 1. The van der Waals surface area contributed by atoms with Gasteiger partial charge < -0.3 is 25.3 Å². The number of rotatable bonds is 8. The molecule has 9 heteroatoms. The van der Waals surface area contributed by atoms with Crippen LogP contribution in [0.15, 0.2) is 48.3 Å². The third-order valence-electron chi connectivity index (χ3n) is 4.56. The van der Waals surface area contributed by atoms with Crippen LogP contribution in [0.3, 0.4) is 0 Å². The van der Waals surface area contributed by atoms with Crippen LogP contribution in [0, 0.1) is 0 Å². The van der Waals surface area contributed by atoms with Crippen LogP contribution in [0.4, 0.5) is 0 Å². The summed E-state index contributed by atoms with van der Waals surface area (Å²) in [6, 6.07) is 5.17. The third kappa shape index (κ3) is 6.30. The standard InChI is InChI=1S/C20H26ClN3O5/c1-12(2)7-16(29-22)9-19(27)24-10-15(26)8-18(24)20(28)23-17(11-25)13-3-5-14(21)6-4-13/h3-7,15,17-18,25-26H,1,8-11,22H2,2H3,(H,23,28)/b16-7-/t15-,17-,18?/m0/s1. The topological polar surface area (TPSA) is 125 Å². The van der Waals surface area contributed by atoms with E-state index in [1.165, 1.54) is 11.0 Å². The number of likely N-dealkylation sites (tertiary alicyclic amines) is 1. The molecule has 1 unspecified atom stereocenters. The summed E-state index contributed by atoms with van der Waals surface area (Å²) in [6.07, 6.45) is 0.631. The average molecular weight is 424 g/mol. The zero-order valence-electron chi connectivity index (χ0n) is 16.2. The first-order valence-corrected chi connectivity index (χ1v) is 9.50. The van der Waals surface area contributed by atoms with Gasteiger partial charge in [0.15, 0.2) is 0 Å². The number of aliphatic hydroxyl groups excluding tert-OH is 2.